The molecule has 0 radical (unpaired) electrons. The lowest BCUT2D eigenvalue weighted by molar-refractivity contribution is -0.135. The zero-order chi connectivity index (χ0) is 90.1. The molecule has 0 spiro atoms. The predicted molar refractivity (Wildman–Crippen MR) is 500 cm³/mol. The SMILES string of the molecule is C[C@H](Nc1ncnc2nc[nH]c12)c1cc2cccc(Cl)c2c(CC(=O)N2CCCC2)n1.C[C@H](Nc1ncnc2nc[nH]c12)c1cc2cccc(Cl)c2c(CC(=O)N2CCN(C)CC2)n1.C[C@H](Nc1ncnc2nc[nH]c12)c1cc2cccc(Cl)c2c(CC(=O)N2CCOCC2)n1.C[C@H](Nc1ncnc2nc[nH]c12)c1cc2cccc(Cl)c2c(OCC(=O)N2CCN(C)CC2)n1. The fraction of sp³-hybridized carbons (Fsp3) is 0.333. The molecule has 0 aliphatic carbocycles. The number of amides is 4. The van der Waals surface area contributed by atoms with E-state index in [9.17, 15) is 19.2 Å². The number of likely N-dealkylation sites (N-methyl/N-ethyl adjacent to an activating group) is 2. The minimum atomic E-state index is -0.222. The molecule has 0 unspecified atom stereocenters. The van der Waals surface area contributed by atoms with Crippen molar-refractivity contribution in [2.75, 3.05) is 134 Å². The smallest absolute Gasteiger partial charge is 0.260 e. The van der Waals surface area contributed by atoms with Crippen LogP contribution in [0.3, 0.4) is 0 Å². The summed E-state index contributed by atoms with van der Waals surface area (Å²) in [5, 5.41) is 22.7. The van der Waals surface area contributed by atoms with Crippen LogP contribution in [0.15, 0.2) is 148 Å². The summed E-state index contributed by atoms with van der Waals surface area (Å²) in [6.45, 7) is 18.1. The second-order valence-corrected chi connectivity index (χ2v) is 33.8. The Morgan fingerprint density at radius 2 is 0.662 bits per heavy atom. The van der Waals surface area contributed by atoms with Crippen LogP contribution < -0.4 is 26.0 Å². The van der Waals surface area contributed by atoms with E-state index in [1.165, 1.54) is 25.3 Å². The van der Waals surface area contributed by atoms with E-state index in [1.807, 2.05) is 138 Å². The van der Waals surface area contributed by atoms with E-state index in [4.69, 9.17) is 75.8 Å². The molecule has 4 saturated heterocycles. The maximum absolute atomic E-state index is 13.1. The van der Waals surface area contributed by atoms with E-state index < -0.39 is 0 Å². The number of likely N-dealkylation sites (tertiary alicyclic amines) is 1. The number of ether oxygens (including phenoxy) is 2. The van der Waals surface area contributed by atoms with Crippen molar-refractivity contribution >= 4 is 181 Å². The van der Waals surface area contributed by atoms with Gasteiger partial charge in [0.25, 0.3) is 5.91 Å². The summed E-state index contributed by atoms with van der Waals surface area (Å²) in [6.07, 6.45) is 15.0. The normalized spacial score (nSPS) is 15.4. The Bertz CT molecular complexity index is 6810. The third-order valence-corrected chi connectivity index (χ3v) is 24.7. The van der Waals surface area contributed by atoms with Crippen LogP contribution in [0.25, 0.3) is 87.7 Å². The van der Waals surface area contributed by atoms with Gasteiger partial charge in [-0.05, 0) is 125 Å². The number of carbonyl (C=O) groups excluding carboxylic acids is 4. The first-order valence-corrected chi connectivity index (χ1v) is 44.3. The highest BCUT2D eigenvalue weighted by molar-refractivity contribution is 6.37. The van der Waals surface area contributed by atoms with Gasteiger partial charge in [0, 0.05) is 94.7 Å². The highest BCUT2D eigenvalue weighted by atomic mass is 35.5. The van der Waals surface area contributed by atoms with Crippen molar-refractivity contribution in [2.45, 2.75) is 84.0 Å². The van der Waals surface area contributed by atoms with E-state index in [2.05, 4.69) is 125 Å². The predicted octanol–water partition coefficient (Wildman–Crippen LogP) is 12.9. The molecule has 4 aromatic carbocycles. The van der Waals surface area contributed by atoms with Crippen LogP contribution in [0, 0.1) is 0 Å². The average Bonchev–Trinajstić information content (AvgIpc) is 0.972. The standard InChI is InChI=1S/C23H25ClN8O2.C23H25ClN8O.C22H22ClN7O2.C22H22ClN7O/c1-14(29-22-20-21(26-12-25-20)27-13-28-22)17-10-15-4-3-5-16(24)19(15)23(30-17)34-11-18(33)32-8-6-31(2)7-9-32;1-14(29-23-21-22(26-12-25-21)27-13-28-23)17-10-15-4-3-5-16(24)20(15)18(30-17)11-19(33)32-8-6-31(2)7-9-32;1-13(28-22-20-21(25-11-24-20)26-12-27-22)16-9-14-3-2-4-15(23)19(14)17(29-16)10-18(31)30-5-7-32-8-6-30;1-13(28-22-20-21(25-11-24-20)26-12-27-22)16-9-14-5-4-6-15(23)19(14)17(29-16)10-18(31)30-7-2-3-8-30/h3-5,10,12-14H,6-9,11H2,1-2H3,(H2,25,26,27,28,29);3-5,10,12-14H,6-9,11H2,1-2H3,(H2,25,26,27,28,29);2-4,9,11-13H,5-8,10H2,1H3,(H2,24,25,26,27,28);4-6,9,11-13H,2-3,7-8,10H2,1H3,(H2,24,25,26,27,28)/t2*14-;2*13-/m0000/s1. The molecule has 40 heteroatoms. The summed E-state index contributed by atoms with van der Waals surface area (Å²) >= 11 is 26.1. The molecule has 130 heavy (non-hydrogen) atoms. The largest absolute Gasteiger partial charge is 0.467 e. The van der Waals surface area contributed by atoms with E-state index in [-0.39, 0.29) is 73.7 Å². The summed E-state index contributed by atoms with van der Waals surface area (Å²) < 4.78 is 11.3. The minimum Gasteiger partial charge on any atom is -0.467 e. The lowest BCUT2D eigenvalue weighted by Gasteiger charge is -2.32. The Morgan fingerprint density at radius 1 is 0.369 bits per heavy atom. The molecule has 20 rings (SSSR count). The minimum absolute atomic E-state index is 0.0229. The van der Waals surface area contributed by atoms with Crippen LogP contribution in [-0.2, 0) is 43.2 Å². The van der Waals surface area contributed by atoms with Crippen LogP contribution in [0.2, 0.25) is 20.1 Å². The topological polar surface area (TPSA) is 424 Å². The second-order valence-electron chi connectivity index (χ2n) is 32.2. The van der Waals surface area contributed by atoms with Crippen molar-refractivity contribution < 1.29 is 28.7 Å². The van der Waals surface area contributed by atoms with Crippen molar-refractivity contribution in [3.63, 3.8) is 0 Å². The molecular formula is C90H94Cl4N30O6. The van der Waals surface area contributed by atoms with Gasteiger partial charge in [-0.25, -0.2) is 64.8 Å². The molecule has 4 aliphatic rings. The highest BCUT2D eigenvalue weighted by Crippen LogP contribution is 2.38. The second kappa shape index (κ2) is 40.1. The number of rotatable bonds is 21. The number of piperazine rings is 2. The van der Waals surface area contributed by atoms with E-state index in [0.717, 1.165) is 142 Å². The third kappa shape index (κ3) is 20.2. The number of morpholine rings is 1. The number of aromatic nitrogens is 20. The number of nitrogens with zero attached hydrogens (tertiary/aromatic N) is 22. The van der Waals surface area contributed by atoms with Gasteiger partial charge in [-0.3, -0.25) is 34.1 Å². The monoisotopic (exact) mass is 1830 g/mol. The van der Waals surface area contributed by atoms with Gasteiger partial charge in [0.05, 0.1) is 147 Å². The molecule has 36 nitrogen and oxygen atoms in total. The van der Waals surface area contributed by atoms with Crippen molar-refractivity contribution in [3.8, 4) is 5.88 Å². The van der Waals surface area contributed by atoms with Gasteiger partial charge in [0.2, 0.25) is 23.6 Å². The van der Waals surface area contributed by atoms with E-state index >= 15 is 0 Å². The number of pyridine rings is 4. The van der Waals surface area contributed by atoms with E-state index in [0.29, 0.717) is 139 Å². The lowest BCUT2D eigenvalue weighted by atomic mass is 10.0. The van der Waals surface area contributed by atoms with Gasteiger partial charge >= 0.3 is 0 Å². The Morgan fingerprint density at radius 3 is 1.00 bits per heavy atom. The zero-order valence-electron chi connectivity index (χ0n) is 72.1. The number of fused-ring (bicyclic) bond motifs is 8. The molecule has 12 aromatic heterocycles. The molecule has 16 heterocycles. The van der Waals surface area contributed by atoms with Gasteiger partial charge in [0.15, 0.2) is 52.5 Å². The number of carbonyl (C=O) groups is 4. The lowest BCUT2D eigenvalue weighted by Crippen LogP contribution is -2.48. The molecular weight excluding hydrogens is 1740 g/mol. The maximum Gasteiger partial charge on any atom is 0.260 e. The first-order chi connectivity index (χ1) is 63.2. The molecule has 0 saturated carbocycles. The number of hydrogen-bond donors (Lipinski definition) is 8. The molecule has 0 bridgehead atoms. The van der Waals surface area contributed by atoms with Gasteiger partial charge in [-0.15, -0.1) is 0 Å². The molecule has 4 amide bonds. The zero-order valence-corrected chi connectivity index (χ0v) is 75.1. The van der Waals surface area contributed by atoms with Crippen LogP contribution in [0.1, 0.15) is 105 Å². The summed E-state index contributed by atoms with van der Waals surface area (Å²) in [5.41, 5.74) is 10.5. The number of halogens is 4. The Labute approximate surface area is 765 Å². The Balaban J connectivity index is 0.000000122. The molecule has 4 atom stereocenters. The van der Waals surface area contributed by atoms with Crippen molar-refractivity contribution in [2.24, 2.45) is 0 Å². The summed E-state index contributed by atoms with van der Waals surface area (Å²) in [5.74, 6) is 3.02. The van der Waals surface area contributed by atoms with Gasteiger partial charge < -0.3 is 80.1 Å². The van der Waals surface area contributed by atoms with Crippen molar-refractivity contribution in [1.29, 1.82) is 0 Å². The molecule has 16 aromatic rings. The molecule has 668 valence electrons. The Kier molecular flexibility index (Phi) is 27.4. The van der Waals surface area contributed by atoms with Crippen molar-refractivity contribution in [1.82, 2.24) is 129 Å². The van der Waals surface area contributed by atoms with Gasteiger partial charge in [-0.1, -0.05) is 94.9 Å². The summed E-state index contributed by atoms with van der Waals surface area (Å²) in [6, 6.07) is 30.1. The number of hydrogen-bond acceptors (Lipinski definition) is 28. The Hall–Kier alpha value is -13.4. The fourth-order valence-electron chi connectivity index (χ4n) is 16.2. The number of anilines is 4. The number of imidazole rings is 4. The molecule has 4 aliphatic heterocycles. The number of benzene rings is 4. The van der Waals surface area contributed by atoms with Crippen LogP contribution in [0.5, 0.6) is 5.88 Å². The summed E-state index contributed by atoms with van der Waals surface area (Å²) in [4.78, 5) is 146. The maximum atomic E-state index is 13.1. The number of aromatic amines is 4. The van der Waals surface area contributed by atoms with Crippen LogP contribution in [0.4, 0.5) is 23.3 Å². The first-order valence-electron chi connectivity index (χ1n) is 42.8. The summed E-state index contributed by atoms with van der Waals surface area (Å²) in [7, 11) is 4.12. The van der Waals surface area contributed by atoms with Gasteiger partial charge in [-0.2, -0.15) is 0 Å². The average molecular weight is 1830 g/mol. The van der Waals surface area contributed by atoms with Crippen LogP contribution in [-0.4, -0.2) is 265 Å². The van der Waals surface area contributed by atoms with E-state index in [1.54, 1.807) is 31.4 Å². The van der Waals surface area contributed by atoms with Crippen molar-refractivity contribution in [3.05, 3.63) is 208 Å². The molecule has 4 fully saturated rings. The first kappa shape index (κ1) is 88.7. The quantitative estimate of drug-likeness (QED) is 0.0331. The highest BCUT2D eigenvalue weighted by Gasteiger charge is 2.29. The van der Waals surface area contributed by atoms with Crippen LogP contribution >= 0.6 is 46.4 Å². The number of H-pyrrole nitrogens is 4. The third-order valence-electron chi connectivity index (χ3n) is 23.4. The fourth-order valence-corrected chi connectivity index (χ4v) is 17.4. The molecule has 8 N–H and O–H groups in total. The number of nitrogens with one attached hydrogen (secondary N) is 8. The van der Waals surface area contributed by atoms with Gasteiger partial charge in [0.1, 0.15) is 47.4 Å².